The summed E-state index contributed by atoms with van der Waals surface area (Å²) in [5, 5.41) is 8.96. The summed E-state index contributed by atoms with van der Waals surface area (Å²) in [6, 6.07) is 5.56. The molecule has 0 radical (unpaired) electrons. The Hall–Kier alpha value is -1.88. The van der Waals surface area contributed by atoms with Crippen molar-refractivity contribution < 1.29 is 9.90 Å². The molecular formula is C13H15N3O2. The molecule has 1 aromatic heterocycles. The van der Waals surface area contributed by atoms with E-state index in [0.29, 0.717) is 6.04 Å². The Bertz CT molecular complexity index is 605. The molecule has 0 saturated carbocycles. The minimum absolute atomic E-state index is 0.288. The zero-order valence-corrected chi connectivity index (χ0v) is 10.2. The smallest absolute Gasteiger partial charge is 0.335 e. The van der Waals surface area contributed by atoms with Crippen LogP contribution in [-0.2, 0) is 0 Å². The van der Waals surface area contributed by atoms with Crippen molar-refractivity contribution in [1.82, 2.24) is 14.5 Å². The summed E-state index contributed by atoms with van der Waals surface area (Å²) in [7, 11) is 2.11. The lowest BCUT2D eigenvalue weighted by Gasteiger charge is -2.13. The van der Waals surface area contributed by atoms with Crippen LogP contribution in [0.4, 0.5) is 0 Å². The van der Waals surface area contributed by atoms with Crippen molar-refractivity contribution in [1.29, 1.82) is 0 Å². The second-order valence-corrected chi connectivity index (χ2v) is 4.87. The average molecular weight is 245 g/mol. The summed E-state index contributed by atoms with van der Waals surface area (Å²) in [5.41, 5.74) is 2.06. The van der Waals surface area contributed by atoms with Gasteiger partial charge in [-0.15, -0.1) is 0 Å². The Kier molecular flexibility index (Phi) is 2.56. The molecule has 0 spiro atoms. The molecule has 3 rings (SSSR count). The second-order valence-electron chi connectivity index (χ2n) is 4.87. The molecule has 2 heterocycles. The molecule has 0 aliphatic carbocycles. The van der Waals surface area contributed by atoms with Gasteiger partial charge >= 0.3 is 5.97 Å². The number of likely N-dealkylation sites (N-methyl/N-ethyl adjacent to an activating group) is 1. The lowest BCUT2D eigenvalue weighted by Crippen LogP contribution is -2.15. The maximum atomic E-state index is 10.9. The van der Waals surface area contributed by atoms with E-state index in [4.69, 9.17) is 5.11 Å². The van der Waals surface area contributed by atoms with Gasteiger partial charge in [0.15, 0.2) is 0 Å². The van der Waals surface area contributed by atoms with E-state index in [1.165, 1.54) is 0 Å². The van der Waals surface area contributed by atoms with Crippen LogP contribution in [0.3, 0.4) is 0 Å². The van der Waals surface area contributed by atoms with Crippen LogP contribution in [0, 0.1) is 0 Å². The highest BCUT2D eigenvalue weighted by atomic mass is 16.4. The van der Waals surface area contributed by atoms with Crippen molar-refractivity contribution in [2.45, 2.75) is 12.5 Å². The van der Waals surface area contributed by atoms with Crippen LogP contribution >= 0.6 is 0 Å². The van der Waals surface area contributed by atoms with E-state index in [1.807, 2.05) is 12.4 Å². The molecule has 5 nitrogen and oxygen atoms in total. The number of fused-ring (bicyclic) bond motifs is 1. The summed E-state index contributed by atoms with van der Waals surface area (Å²) < 4.78 is 2.16. The lowest BCUT2D eigenvalue weighted by atomic mass is 10.2. The van der Waals surface area contributed by atoms with Gasteiger partial charge in [0.25, 0.3) is 0 Å². The van der Waals surface area contributed by atoms with Crippen LogP contribution < -0.4 is 0 Å². The van der Waals surface area contributed by atoms with Gasteiger partial charge < -0.3 is 14.6 Å². The van der Waals surface area contributed by atoms with E-state index in [0.717, 1.165) is 30.5 Å². The number of rotatable bonds is 2. The summed E-state index contributed by atoms with van der Waals surface area (Å²) >= 11 is 0. The number of hydrogen-bond acceptors (Lipinski definition) is 3. The van der Waals surface area contributed by atoms with Crippen LogP contribution in [0.1, 0.15) is 22.8 Å². The fraction of sp³-hybridized carbons (Fsp3) is 0.385. The molecule has 1 aromatic carbocycles. The van der Waals surface area contributed by atoms with E-state index in [-0.39, 0.29) is 5.56 Å². The number of aromatic nitrogens is 2. The number of aromatic carboxylic acids is 1. The minimum Gasteiger partial charge on any atom is -0.478 e. The third-order valence-electron chi connectivity index (χ3n) is 3.58. The van der Waals surface area contributed by atoms with Crippen molar-refractivity contribution in [3.63, 3.8) is 0 Å². The first kappa shape index (κ1) is 11.2. The van der Waals surface area contributed by atoms with E-state index in [2.05, 4.69) is 21.5 Å². The first-order valence-electron chi connectivity index (χ1n) is 6.03. The standard InChI is InChI=1S/C13H15N3O2/c1-15-5-4-10(7-15)16-8-14-11-6-9(13(17)18)2-3-12(11)16/h2-3,6,8,10H,4-5,7H2,1H3,(H,17,18). The summed E-state index contributed by atoms with van der Waals surface area (Å²) in [6.07, 6.45) is 2.93. The quantitative estimate of drug-likeness (QED) is 0.873. The predicted molar refractivity (Wildman–Crippen MR) is 67.8 cm³/mol. The number of carbonyl (C=O) groups is 1. The molecule has 94 valence electrons. The lowest BCUT2D eigenvalue weighted by molar-refractivity contribution is 0.0697. The SMILES string of the molecule is CN1CCC(n2cnc3cc(C(=O)O)ccc32)C1. The highest BCUT2D eigenvalue weighted by Gasteiger charge is 2.22. The predicted octanol–water partition coefficient (Wildman–Crippen LogP) is 1.61. The Morgan fingerprint density at radius 2 is 2.33 bits per heavy atom. The first-order valence-corrected chi connectivity index (χ1v) is 6.03. The van der Waals surface area contributed by atoms with Crippen LogP contribution in [0.25, 0.3) is 11.0 Å². The first-order chi connectivity index (χ1) is 8.65. The molecular weight excluding hydrogens is 230 g/mol. The van der Waals surface area contributed by atoms with E-state index in [9.17, 15) is 4.79 Å². The fourth-order valence-electron chi connectivity index (χ4n) is 2.59. The maximum absolute atomic E-state index is 10.9. The molecule has 2 aromatic rings. The van der Waals surface area contributed by atoms with Crippen LogP contribution in [0.15, 0.2) is 24.5 Å². The van der Waals surface area contributed by atoms with Gasteiger partial charge in [-0.1, -0.05) is 0 Å². The van der Waals surface area contributed by atoms with Crippen molar-refractivity contribution >= 4 is 17.0 Å². The van der Waals surface area contributed by atoms with Gasteiger partial charge in [0.05, 0.1) is 22.9 Å². The molecule has 1 aliphatic heterocycles. The normalized spacial score (nSPS) is 20.6. The van der Waals surface area contributed by atoms with Gasteiger partial charge in [0.2, 0.25) is 0 Å². The number of nitrogens with zero attached hydrogens (tertiary/aromatic N) is 3. The van der Waals surface area contributed by atoms with E-state index in [1.54, 1.807) is 12.1 Å². The number of benzene rings is 1. The number of carboxylic acid groups (broad SMARTS) is 1. The zero-order chi connectivity index (χ0) is 12.7. The van der Waals surface area contributed by atoms with E-state index < -0.39 is 5.97 Å². The monoisotopic (exact) mass is 245 g/mol. The molecule has 0 bridgehead atoms. The van der Waals surface area contributed by atoms with E-state index >= 15 is 0 Å². The molecule has 1 aliphatic rings. The van der Waals surface area contributed by atoms with Gasteiger partial charge in [0, 0.05) is 12.6 Å². The largest absolute Gasteiger partial charge is 0.478 e. The summed E-state index contributed by atoms with van der Waals surface area (Å²) in [5.74, 6) is -0.910. The van der Waals surface area contributed by atoms with Crippen molar-refractivity contribution in [3.05, 3.63) is 30.1 Å². The molecule has 5 heteroatoms. The Labute approximate surface area is 105 Å². The van der Waals surface area contributed by atoms with Gasteiger partial charge in [-0.25, -0.2) is 9.78 Å². The minimum atomic E-state index is -0.910. The number of carboxylic acids is 1. The zero-order valence-electron chi connectivity index (χ0n) is 10.2. The Morgan fingerprint density at radius 3 is 3.00 bits per heavy atom. The van der Waals surface area contributed by atoms with Gasteiger partial charge in [-0.05, 0) is 38.2 Å². The topological polar surface area (TPSA) is 58.4 Å². The Morgan fingerprint density at radius 1 is 1.50 bits per heavy atom. The third-order valence-corrected chi connectivity index (χ3v) is 3.58. The molecule has 0 amide bonds. The fourth-order valence-corrected chi connectivity index (χ4v) is 2.59. The van der Waals surface area contributed by atoms with Gasteiger partial charge in [0.1, 0.15) is 0 Å². The van der Waals surface area contributed by atoms with Crippen molar-refractivity contribution in [3.8, 4) is 0 Å². The van der Waals surface area contributed by atoms with Gasteiger partial charge in [-0.2, -0.15) is 0 Å². The maximum Gasteiger partial charge on any atom is 0.335 e. The highest BCUT2D eigenvalue weighted by Crippen LogP contribution is 2.25. The van der Waals surface area contributed by atoms with Crippen LogP contribution in [0.5, 0.6) is 0 Å². The highest BCUT2D eigenvalue weighted by molar-refractivity contribution is 5.92. The molecule has 1 N–H and O–H groups in total. The average Bonchev–Trinajstić information content (AvgIpc) is 2.93. The molecule has 1 saturated heterocycles. The Balaban J connectivity index is 2.02. The molecule has 1 fully saturated rings. The number of likely N-dealkylation sites (tertiary alicyclic amines) is 1. The number of hydrogen-bond donors (Lipinski definition) is 1. The molecule has 18 heavy (non-hydrogen) atoms. The van der Waals surface area contributed by atoms with Crippen LogP contribution in [-0.4, -0.2) is 45.7 Å². The van der Waals surface area contributed by atoms with Gasteiger partial charge in [-0.3, -0.25) is 0 Å². The third kappa shape index (κ3) is 1.76. The molecule has 1 unspecified atom stereocenters. The second kappa shape index (κ2) is 4.10. The number of imidazole rings is 1. The van der Waals surface area contributed by atoms with Crippen molar-refractivity contribution in [2.24, 2.45) is 0 Å². The van der Waals surface area contributed by atoms with Crippen LogP contribution in [0.2, 0.25) is 0 Å². The summed E-state index contributed by atoms with van der Waals surface area (Å²) in [6.45, 7) is 2.11. The summed E-state index contributed by atoms with van der Waals surface area (Å²) in [4.78, 5) is 17.5. The molecule has 1 atom stereocenters. The van der Waals surface area contributed by atoms with Crippen molar-refractivity contribution in [2.75, 3.05) is 20.1 Å².